The second kappa shape index (κ2) is 12.4. The summed E-state index contributed by atoms with van der Waals surface area (Å²) in [5.41, 5.74) is 0.835. The van der Waals surface area contributed by atoms with Crippen LogP contribution in [0.2, 0.25) is 0 Å². The topological polar surface area (TPSA) is 100 Å². The molecule has 184 valence electrons. The highest BCUT2D eigenvalue weighted by molar-refractivity contribution is 5.99. The lowest BCUT2D eigenvalue weighted by Crippen LogP contribution is -2.48. The number of benzene rings is 1. The van der Waals surface area contributed by atoms with Gasteiger partial charge in [0.25, 0.3) is 5.91 Å². The van der Waals surface area contributed by atoms with Gasteiger partial charge in [-0.15, -0.1) is 0 Å². The average Bonchev–Trinajstić information content (AvgIpc) is 2.81. The van der Waals surface area contributed by atoms with Gasteiger partial charge >= 0.3 is 6.03 Å². The summed E-state index contributed by atoms with van der Waals surface area (Å²) in [5.74, 6) is 0.237. The molecule has 1 aromatic carbocycles. The van der Waals surface area contributed by atoms with E-state index in [1.54, 1.807) is 37.3 Å². The van der Waals surface area contributed by atoms with Crippen molar-refractivity contribution in [3.8, 4) is 5.75 Å². The Hall–Kier alpha value is -2.81. The van der Waals surface area contributed by atoms with Gasteiger partial charge < -0.3 is 29.9 Å². The maximum atomic E-state index is 13.3. The lowest BCUT2D eigenvalue weighted by molar-refractivity contribution is -0.135. The molecule has 33 heavy (non-hydrogen) atoms. The first-order valence-electron chi connectivity index (χ1n) is 11.6. The van der Waals surface area contributed by atoms with E-state index in [0.29, 0.717) is 43.1 Å². The number of nitrogens with one attached hydrogen (secondary N) is 2. The number of fused-ring (bicyclic) bond motifs is 1. The minimum absolute atomic E-state index is 0.0114. The number of methoxy groups -OCH3 is 1. The van der Waals surface area contributed by atoms with Crippen LogP contribution >= 0.6 is 0 Å². The first-order valence-corrected chi connectivity index (χ1v) is 11.6. The van der Waals surface area contributed by atoms with Crippen LogP contribution in [0.25, 0.3) is 0 Å². The molecule has 4 amide bonds. The summed E-state index contributed by atoms with van der Waals surface area (Å²) in [4.78, 5) is 41.5. The van der Waals surface area contributed by atoms with E-state index in [1.165, 1.54) is 0 Å². The fourth-order valence-corrected chi connectivity index (χ4v) is 3.82. The summed E-state index contributed by atoms with van der Waals surface area (Å²) >= 11 is 0. The SMILES string of the molecule is CCCNC(=O)Nc1ccc2c(c1)C(=O)N(C)C[C@@H](OC)[C@@H](C)CN(C(=O)CC)[C@@H](C)CO2. The van der Waals surface area contributed by atoms with E-state index < -0.39 is 0 Å². The zero-order chi connectivity index (χ0) is 24.5. The van der Waals surface area contributed by atoms with Crippen molar-refractivity contribution in [2.45, 2.75) is 52.7 Å². The molecule has 0 spiro atoms. The third kappa shape index (κ3) is 7.08. The fourth-order valence-electron chi connectivity index (χ4n) is 3.82. The van der Waals surface area contributed by atoms with Crippen LogP contribution in [0.15, 0.2) is 18.2 Å². The Bertz CT molecular complexity index is 831. The van der Waals surface area contributed by atoms with Gasteiger partial charge in [0.2, 0.25) is 5.91 Å². The Morgan fingerprint density at radius 1 is 1.21 bits per heavy atom. The van der Waals surface area contributed by atoms with Crippen molar-refractivity contribution in [3.63, 3.8) is 0 Å². The number of carbonyl (C=O) groups excluding carboxylic acids is 3. The van der Waals surface area contributed by atoms with Crippen molar-refractivity contribution in [2.24, 2.45) is 5.92 Å². The molecule has 0 radical (unpaired) electrons. The van der Waals surface area contributed by atoms with Gasteiger partial charge in [0, 0.05) is 51.8 Å². The van der Waals surface area contributed by atoms with Crippen molar-refractivity contribution in [2.75, 3.05) is 45.7 Å². The molecule has 1 aliphatic heterocycles. The van der Waals surface area contributed by atoms with Crippen LogP contribution < -0.4 is 15.4 Å². The molecule has 2 N–H and O–H groups in total. The highest BCUT2D eigenvalue weighted by Crippen LogP contribution is 2.26. The molecule has 9 nitrogen and oxygen atoms in total. The number of ether oxygens (including phenoxy) is 2. The quantitative estimate of drug-likeness (QED) is 0.701. The number of urea groups is 1. The monoisotopic (exact) mass is 462 g/mol. The highest BCUT2D eigenvalue weighted by Gasteiger charge is 2.30. The summed E-state index contributed by atoms with van der Waals surface area (Å²) in [6, 6.07) is 4.48. The van der Waals surface area contributed by atoms with Gasteiger partial charge in [-0.05, 0) is 31.5 Å². The molecule has 0 aliphatic carbocycles. The smallest absolute Gasteiger partial charge is 0.319 e. The highest BCUT2D eigenvalue weighted by atomic mass is 16.5. The van der Waals surface area contributed by atoms with Crippen LogP contribution in [0.3, 0.4) is 0 Å². The van der Waals surface area contributed by atoms with E-state index in [-0.39, 0.29) is 42.5 Å². The third-order valence-corrected chi connectivity index (χ3v) is 5.86. The minimum Gasteiger partial charge on any atom is -0.491 e. The predicted octanol–water partition coefficient (Wildman–Crippen LogP) is 2.96. The molecule has 2 rings (SSSR count). The van der Waals surface area contributed by atoms with Gasteiger partial charge in [-0.25, -0.2) is 4.79 Å². The molecular weight excluding hydrogens is 424 g/mol. The first kappa shape index (κ1) is 26.4. The molecule has 0 bridgehead atoms. The number of likely N-dealkylation sites (N-methyl/N-ethyl adjacent to an activating group) is 1. The van der Waals surface area contributed by atoms with Crippen LogP contribution in [-0.4, -0.2) is 80.2 Å². The van der Waals surface area contributed by atoms with Crippen LogP contribution in [-0.2, 0) is 9.53 Å². The van der Waals surface area contributed by atoms with E-state index in [4.69, 9.17) is 9.47 Å². The third-order valence-electron chi connectivity index (χ3n) is 5.86. The predicted molar refractivity (Wildman–Crippen MR) is 128 cm³/mol. The molecule has 0 saturated carbocycles. The van der Waals surface area contributed by atoms with E-state index in [0.717, 1.165) is 6.42 Å². The number of nitrogens with zero attached hydrogens (tertiary/aromatic N) is 2. The Morgan fingerprint density at radius 3 is 2.58 bits per heavy atom. The summed E-state index contributed by atoms with van der Waals surface area (Å²) in [6.45, 7) is 9.44. The molecule has 3 atom stereocenters. The number of hydrogen-bond donors (Lipinski definition) is 2. The molecule has 1 heterocycles. The number of amides is 4. The molecule has 0 unspecified atom stereocenters. The lowest BCUT2D eigenvalue weighted by Gasteiger charge is -2.36. The van der Waals surface area contributed by atoms with Crippen molar-refractivity contribution < 1.29 is 23.9 Å². The van der Waals surface area contributed by atoms with Gasteiger partial charge in [-0.1, -0.05) is 20.8 Å². The largest absolute Gasteiger partial charge is 0.491 e. The van der Waals surface area contributed by atoms with Crippen molar-refractivity contribution in [1.82, 2.24) is 15.1 Å². The molecule has 0 saturated heterocycles. The Balaban J connectivity index is 2.39. The van der Waals surface area contributed by atoms with Crippen LogP contribution in [0.5, 0.6) is 5.75 Å². The zero-order valence-electron chi connectivity index (χ0n) is 20.6. The van der Waals surface area contributed by atoms with Gasteiger partial charge in [0.05, 0.1) is 17.7 Å². The Morgan fingerprint density at radius 2 is 1.94 bits per heavy atom. The van der Waals surface area contributed by atoms with Gasteiger partial charge in [-0.3, -0.25) is 9.59 Å². The molecule has 1 aromatic rings. The summed E-state index contributed by atoms with van der Waals surface area (Å²) in [7, 11) is 3.33. The van der Waals surface area contributed by atoms with E-state index >= 15 is 0 Å². The first-order chi connectivity index (χ1) is 15.7. The molecule has 9 heteroatoms. The van der Waals surface area contributed by atoms with E-state index in [1.807, 2.05) is 32.6 Å². The normalized spacial score (nSPS) is 21.9. The van der Waals surface area contributed by atoms with Gasteiger partial charge in [0.15, 0.2) is 0 Å². The maximum absolute atomic E-state index is 13.3. The van der Waals surface area contributed by atoms with Crippen LogP contribution in [0.4, 0.5) is 10.5 Å². The minimum atomic E-state index is -0.331. The van der Waals surface area contributed by atoms with Gasteiger partial charge in [0.1, 0.15) is 12.4 Å². The van der Waals surface area contributed by atoms with E-state index in [2.05, 4.69) is 10.6 Å². The molecule has 1 aliphatic rings. The van der Waals surface area contributed by atoms with Crippen molar-refractivity contribution in [1.29, 1.82) is 0 Å². The van der Waals surface area contributed by atoms with Crippen molar-refractivity contribution in [3.05, 3.63) is 23.8 Å². The van der Waals surface area contributed by atoms with Crippen LogP contribution in [0.1, 0.15) is 50.9 Å². The maximum Gasteiger partial charge on any atom is 0.319 e. The number of hydrogen-bond acceptors (Lipinski definition) is 5. The molecule has 0 fully saturated rings. The second-order valence-corrected chi connectivity index (χ2v) is 8.59. The standard InChI is InChI=1S/C24H38N4O5/c1-7-11-25-24(31)26-18-9-10-20-19(12-18)23(30)27(5)14-21(32-6)16(3)13-28(22(29)8-2)17(4)15-33-20/h9-10,12,16-17,21H,7-8,11,13-15H2,1-6H3,(H2,25,26,31)/t16-,17-,21+/m0/s1. The van der Waals surface area contributed by atoms with Gasteiger partial charge in [-0.2, -0.15) is 0 Å². The van der Waals surface area contributed by atoms with Crippen molar-refractivity contribution >= 4 is 23.5 Å². The lowest BCUT2D eigenvalue weighted by atomic mass is 10.0. The Kier molecular flexibility index (Phi) is 9.96. The number of rotatable bonds is 5. The Labute approximate surface area is 196 Å². The average molecular weight is 463 g/mol. The summed E-state index contributed by atoms with van der Waals surface area (Å²) in [5, 5.41) is 5.51. The summed E-state index contributed by atoms with van der Waals surface area (Å²) in [6.07, 6.45) is 0.978. The molecule has 0 aromatic heterocycles. The second-order valence-electron chi connectivity index (χ2n) is 8.59. The zero-order valence-corrected chi connectivity index (χ0v) is 20.6. The fraction of sp³-hybridized carbons (Fsp3) is 0.625. The number of carbonyl (C=O) groups is 3. The summed E-state index contributed by atoms with van der Waals surface area (Å²) < 4.78 is 11.7. The number of anilines is 1. The molecular formula is C24H38N4O5. The van der Waals surface area contributed by atoms with Crippen LogP contribution in [0, 0.1) is 5.92 Å². The van der Waals surface area contributed by atoms with E-state index in [9.17, 15) is 14.4 Å².